The number of hydrogen-bond donors (Lipinski definition) is 2. The van der Waals surface area contributed by atoms with Crippen LogP contribution in [0, 0.1) is 5.92 Å². The number of nitrogens with one attached hydrogen (secondary N) is 1. The first-order valence-corrected chi connectivity index (χ1v) is 7.69. The lowest BCUT2D eigenvalue weighted by Crippen LogP contribution is -2.11. The first-order valence-electron chi connectivity index (χ1n) is 7.18. The lowest BCUT2D eigenvalue weighted by Gasteiger charge is -2.06. The first-order chi connectivity index (χ1) is 9.80. The fraction of sp³-hybridized carbons (Fsp3) is 0.812. The minimum atomic E-state index is 0.00463. The highest BCUT2D eigenvalue weighted by atomic mass is 32.1. The largest absolute Gasteiger partial charge is 0.388 e. The molecule has 1 unspecified atom stereocenters. The smallest absolute Gasteiger partial charge is 0.216 e. The Labute approximate surface area is 138 Å². The van der Waals surface area contributed by atoms with Gasteiger partial charge < -0.3 is 14.8 Å². The molecule has 0 saturated heterocycles. The van der Waals surface area contributed by atoms with Gasteiger partial charge in [0.25, 0.3) is 0 Å². The Morgan fingerprint density at radius 1 is 1.24 bits per heavy atom. The van der Waals surface area contributed by atoms with E-state index in [-0.39, 0.29) is 5.91 Å². The average Bonchev–Trinajstić information content (AvgIpc) is 2.48. The van der Waals surface area contributed by atoms with Gasteiger partial charge in [0.15, 0.2) is 0 Å². The SMILES string of the molecule is CCC(C)C/C(C)=C/S.CCOC.CNC(C)=O.COC. The van der Waals surface area contributed by atoms with Gasteiger partial charge in [0.1, 0.15) is 0 Å². The van der Waals surface area contributed by atoms with Crippen molar-refractivity contribution in [1.29, 1.82) is 0 Å². The third-order valence-electron chi connectivity index (χ3n) is 2.23. The van der Waals surface area contributed by atoms with Gasteiger partial charge in [-0.3, -0.25) is 4.79 Å². The van der Waals surface area contributed by atoms with E-state index < -0.39 is 0 Å². The molecular weight excluding hydrogens is 286 g/mol. The molecule has 0 aliphatic rings. The molecule has 0 aliphatic heterocycles. The van der Waals surface area contributed by atoms with Gasteiger partial charge in [-0.25, -0.2) is 0 Å². The summed E-state index contributed by atoms with van der Waals surface area (Å²) in [6, 6.07) is 0. The van der Waals surface area contributed by atoms with Crippen LogP contribution in [0.5, 0.6) is 0 Å². The second-order valence-corrected chi connectivity index (χ2v) is 4.74. The van der Waals surface area contributed by atoms with Crippen molar-refractivity contribution in [2.75, 3.05) is 35.0 Å². The first kappa shape index (κ1) is 28.6. The maximum Gasteiger partial charge on any atom is 0.216 e. The van der Waals surface area contributed by atoms with Crippen LogP contribution in [0.4, 0.5) is 0 Å². The van der Waals surface area contributed by atoms with Gasteiger partial charge >= 0.3 is 0 Å². The van der Waals surface area contributed by atoms with E-state index >= 15 is 0 Å². The molecule has 1 atom stereocenters. The van der Waals surface area contributed by atoms with Crippen molar-refractivity contribution >= 4 is 18.5 Å². The maximum atomic E-state index is 9.70. The summed E-state index contributed by atoms with van der Waals surface area (Å²) in [7, 11) is 6.53. The van der Waals surface area contributed by atoms with Crippen molar-refractivity contribution in [2.45, 2.75) is 47.5 Å². The third kappa shape index (κ3) is 54.2. The van der Waals surface area contributed by atoms with E-state index in [9.17, 15) is 4.79 Å². The van der Waals surface area contributed by atoms with E-state index in [0.29, 0.717) is 0 Å². The van der Waals surface area contributed by atoms with Gasteiger partial charge in [0.2, 0.25) is 5.91 Å². The molecule has 0 aromatic heterocycles. The molecule has 0 spiro atoms. The number of amides is 1. The molecule has 5 heteroatoms. The predicted octanol–water partition coefficient (Wildman–Crippen LogP) is 3.92. The minimum absolute atomic E-state index is 0.00463. The second-order valence-electron chi connectivity index (χ2n) is 4.48. The highest BCUT2D eigenvalue weighted by Crippen LogP contribution is 2.13. The zero-order chi connectivity index (χ0) is 17.7. The van der Waals surface area contributed by atoms with Crippen LogP contribution in [0.2, 0.25) is 0 Å². The topological polar surface area (TPSA) is 47.6 Å². The van der Waals surface area contributed by atoms with Crippen LogP contribution in [0.3, 0.4) is 0 Å². The van der Waals surface area contributed by atoms with Crippen LogP contribution in [0.25, 0.3) is 0 Å². The molecule has 4 nitrogen and oxygen atoms in total. The van der Waals surface area contributed by atoms with Gasteiger partial charge in [-0.2, -0.15) is 12.6 Å². The number of allylic oxidation sites excluding steroid dienone is 1. The van der Waals surface area contributed by atoms with Crippen molar-refractivity contribution in [2.24, 2.45) is 5.92 Å². The zero-order valence-corrected chi connectivity index (χ0v) is 16.3. The fourth-order valence-corrected chi connectivity index (χ4v) is 0.852. The van der Waals surface area contributed by atoms with Crippen LogP contribution >= 0.6 is 12.6 Å². The lowest BCUT2D eigenvalue weighted by atomic mass is 10.0. The van der Waals surface area contributed by atoms with Gasteiger partial charge in [0, 0.05) is 41.9 Å². The molecule has 0 aromatic rings. The van der Waals surface area contributed by atoms with Gasteiger partial charge in [-0.1, -0.05) is 25.8 Å². The molecule has 21 heavy (non-hydrogen) atoms. The van der Waals surface area contributed by atoms with Crippen molar-refractivity contribution in [3.05, 3.63) is 11.0 Å². The van der Waals surface area contributed by atoms with Crippen LogP contribution in [0.15, 0.2) is 11.0 Å². The molecule has 0 heterocycles. The van der Waals surface area contributed by atoms with Crippen LogP contribution in [-0.2, 0) is 14.3 Å². The number of carbonyl (C=O) groups is 1. The maximum absolute atomic E-state index is 9.70. The molecule has 0 radical (unpaired) electrons. The second kappa shape index (κ2) is 27.8. The number of carbonyl (C=O) groups excluding carboxylic acids is 1. The van der Waals surface area contributed by atoms with Crippen molar-refractivity contribution in [3.63, 3.8) is 0 Å². The Bertz CT molecular complexity index is 220. The molecule has 1 N–H and O–H groups in total. The van der Waals surface area contributed by atoms with E-state index in [1.807, 2.05) is 12.3 Å². The van der Waals surface area contributed by atoms with E-state index in [4.69, 9.17) is 0 Å². The number of hydrogen-bond acceptors (Lipinski definition) is 4. The number of thiol groups is 1. The monoisotopic (exact) mass is 323 g/mol. The molecule has 1 amide bonds. The number of methoxy groups -OCH3 is 2. The molecule has 0 aromatic carbocycles. The third-order valence-corrected chi connectivity index (χ3v) is 2.67. The van der Waals surface area contributed by atoms with E-state index in [2.05, 4.69) is 48.2 Å². The van der Waals surface area contributed by atoms with Crippen LogP contribution in [-0.4, -0.2) is 40.9 Å². The van der Waals surface area contributed by atoms with Gasteiger partial charge in [-0.15, -0.1) is 0 Å². The quantitative estimate of drug-likeness (QED) is 0.771. The summed E-state index contributed by atoms with van der Waals surface area (Å²) in [5, 5.41) is 4.28. The Hall–Kier alpha value is -0.520. The standard InChI is InChI=1S/C8H16S.C3H7NO.C3H8O.C2H6O/c1-4-7(2)5-8(3)6-9;1-3(5)4-2;1-3-4-2;1-3-2/h6-7,9H,4-5H2,1-3H3;1-2H3,(H,4,5);3H2,1-2H3;1-2H3/b8-6+;;;. The summed E-state index contributed by atoms with van der Waals surface area (Å²) in [6.07, 6.45) is 2.46. The number of rotatable bonds is 4. The summed E-state index contributed by atoms with van der Waals surface area (Å²) in [5.41, 5.74) is 1.38. The Balaban J connectivity index is -0.000000102. The molecule has 0 aliphatic carbocycles. The van der Waals surface area contributed by atoms with Gasteiger partial charge in [-0.05, 0) is 31.6 Å². The highest BCUT2D eigenvalue weighted by molar-refractivity contribution is 7.83. The van der Waals surface area contributed by atoms with E-state index in [1.165, 1.54) is 25.3 Å². The molecule has 130 valence electrons. The summed E-state index contributed by atoms with van der Waals surface area (Å²) >= 11 is 4.07. The zero-order valence-electron chi connectivity index (χ0n) is 15.4. The van der Waals surface area contributed by atoms with Crippen LogP contribution < -0.4 is 5.32 Å². The summed E-state index contributed by atoms with van der Waals surface area (Å²) < 4.78 is 8.79. The predicted molar refractivity (Wildman–Crippen MR) is 97.0 cm³/mol. The van der Waals surface area contributed by atoms with E-state index in [0.717, 1.165) is 12.5 Å². The van der Waals surface area contributed by atoms with Crippen molar-refractivity contribution in [3.8, 4) is 0 Å². The lowest BCUT2D eigenvalue weighted by molar-refractivity contribution is -0.118. The van der Waals surface area contributed by atoms with Crippen molar-refractivity contribution < 1.29 is 14.3 Å². The minimum Gasteiger partial charge on any atom is -0.388 e. The summed E-state index contributed by atoms with van der Waals surface area (Å²) in [6.45, 7) is 10.9. The molecule has 0 fully saturated rings. The molecule has 0 saturated carbocycles. The fourth-order valence-electron chi connectivity index (χ4n) is 0.747. The number of ether oxygens (including phenoxy) is 2. The van der Waals surface area contributed by atoms with Crippen molar-refractivity contribution in [1.82, 2.24) is 5.32 Å². The Morgan fingerprint density at radius 3 is 1.71 bits per heavy atom. The highest BCUT2D eigenvalue weighted by Gasteiger charge is 1.97. The molecule has 0 bridgehead atoms. The Kier molecular flexibility index (Phi) is 37.8. The molecular formula is C16H37NO3S. The molecule has 0 rings (SSSR count). The summed E-state index contributed by atoms with van der Waals surface area (Å²) in [5.74, 6) is 0.818. The summed E-state index contributed by atoms with van der Waals surface area (Å²) in [4.78, 5) is 9.70. The normalized spacial score (nSPS) is 10.7. The van der Waals surface area contributed by atoms with Gasteiger partial charge in [0.05, 0.1) is 0 Å². The average molecular weight is 324 g/mol. The van der Waals surface area contributed by atoms with E-state index in [1.54, 1.807) is 28.4 Å². The van der Waals surface area contributed by atoms with Crippen LogP contribution in [0.1, 0.15) is 47.5 Å². The Morgan fingerprint density at radius 2 is 1.57 bits per heavy atom.